The van der Waals surface area contributed by atoms with E-state index in [9.17, 15) is 9.18 Å². The van der Waals surface area contributed by atoms with E-state index in [4.69, 9.17) is 0 Å². The van der Waals surface area contributed by atoms with Crippen molar-refractivity contribution >= 4 is 5.91 Å². The molecule has 5 nitrogen and oxygen atoms in total. The molecule has 0 saturated carbocycles. The number of carbonyl (C=O) groups is 1. The number of benzene rings is 1. The predicted molar refractivity (Wildman–Crippen MR) is 101 cm³/mol. The number of rotatable bonds is 5. The Morgan fingerprint density at radius 1 is 1.30 bits per heavy atom. The zero-order valence-electron chi connectivity index (χ0n) is 15.5. The Hall–Kier alpha value is -2.31. The maximum absolute atomic E-state index is 13.8. The van der Waals surface area contributed by atoms with Gasteiger partial charge in [0.05, 0.1) is 12.6 Å². The van der Waals surface area contributed by atoms with Crippen LogP contribution in [0.15, 0.2) is 48.8 Å². The highest BCUT2D eigenvalue weighted by Gasteiger charge is 2.46. The molecule has 1 aromatic carbocycles. The number of likely N-dealkylation sites (N-methyl/N-ethyl adjacent to an activating group) is 1. The van der Waals surface area contributed by atoms with Crippen LogP contribution in [0.3, 0.4) is 0 Å². The summed E-state index contributed by atoms with van der Waals surface area (Å²) in [5.74, 6) is 0.647. The van der Waals surface area contributed by atoms with Crippen molar-refractivity contribution in [2.24, 2.45) is 11.8 Å². The molecular formula is C21H25FN4O. The van der Waals surface area contributed by atoms with E-state index in [0.29, 0.717) is 24.9 Å². The number of halogens is 1. The summed E-state index contributed by atoms with van der Waals surface area (Å²) in [6.07, 6.45) is 3.53. The lowest BCUT2D eigenvalue weighted by Crippen LogP contribution is -2.40. The third-order valence-corrected chi connectivity index (χ3v) is 5.68. The van der Waals surface area contributed by atoms with Gasteiger partial charge in [0.25, 0.3) is 0 Å². The molecule has 3 heterocycles. The van der Waals surface area contributed by atoms with Crippen LogP contribution in [0.4, 0.5) is 4.39 Å². The van der Waals surface area contributed by atoms with E-state index in [2.05, 4.69) is 10.3 Å². The Kier molecular flexibility index (Phi) is 5.18. The Morgan fingerprint density at radius 2 is 2.11 bits per heavy atom. The molecule has 0 bridgehead atoms. The number of pyridine rings is 1. The van der Waals surface area contributed by atoms with Gasteiger partial charge in [0, 0.05) is 44.5 Å². The first-order valence-corrected chi connectivity index (χ1v) is 9.45. The summed E-state index contributed by atoms with van der Waals surface area (Å²) in [4.78, 5) is 21.1. The topological polar surface area (TPSA) is 48.5 Å². The van der Waals surface area contributed by atoms with Crippen molar-refractivity contribution in [3.05, 3.63) is 65.7 Å². The average molecular weight is 368 g/mol. The van der Waals surface area contributed by atoms with Crippen LogP contribution in [0, 0.1) is 17.7 Å². The number of nitrogens with one attached hydrogen (secondary N) is 1. The fourth-order valence-electron chi connectivity index (χ4n) is 4.47. The summed E-state index contributed by atoms with van der Waals surface area (Å²) in [5.41, 5.74) is 2.03. The normalized spacial score (nSPS) is 24.4. The highest BCUT2D eigenvalue weighted by molar-refractivity contribution is 5.79. The molecule has 2 fully saturated rings. The van der Waals surface area contributed by atoms with Crippen LogP contribution in [0.1, 0.15) is 17.2 Å². The van der Waals surface area contributed by atoms with Crippen molar-refractivity contribution in [2.45, 2.75) is 12.6 Å². The standard InChI is InChI=1S/C21H25FN4O/c1-25(12-15-5-7-23-8-6-15)14-20(27)26-13-17-10-24-11-19(17)21(26)16-3-2-4-18(22)9-16/h2-9,17,19,21,24H,10-14H2,1H3/t17-,19-,21-/m0/s1. The van der Waals surface area contributed by atoms with Gasteiger partial charge >= 0.3 is 0 Å². The smallest absolute Gasteiger partial charge is 0.237 e. The zero-order chi connectivity index (χ0) is 18.8. The second kappa shape index (κ2) is 7.74. The molecular weight excluding hydrogens is 343 g/mol. The molecule has 4 rings (SSSR count). The first-order chi connectivity index (χ1) is 13.1. The maximum atomic E-state index is 13.8. The summed E-state index contributed by atoms with van der Waals surface area (Å²) in [6.45, 7) is 3.58. The maximum Gasteiger partial charge on any atom is 0.237 e. The molecule has 2 saturated heterocycles. The summed E-state index contributed by atoms with van der Waals surface area (Å²) in [7, 11) is 1.95. The molecule has 0 aliphatic carbocycles. The molecule has 142 valence electrons. The molecule has 3 atom stereocenters. The number of hydrogen-bond donors (Lipinski definition) is 1. The molecule has 2 aliphatic heterocycles. The van der Waals surface area contributed by atoms with Gasteiger partial charge < -0.3 is 10.2 Å². The van der Waals surface area contributed by atoms with E-state index in [1.165, 1.54) is 6.07 Å². The number of likely N-dealkylation sites (tertiary alicyclic amines) is 1. The van der Waals surface area contributed by atoms with Crippen LogP contribution >= 0.6 is 0 Å². The highest BCUT2D eigenvalue weighted by atomic mass is 19.1. The highest BCUT2D eigenvalue weighted by Crippen LogP contribution is 2.42. The van der Waals surface area contributed by atoms with Crippen molar-refractivity contribution < 1.29 is 9.18 Å². The third-order valence-electron chi connectivity index (χ3n) is 5.68. The second-order valence-corrected chi connectivity index (χ2v) is 7.66. The van der Waals surface area contributed by atoms with Crippen molar-refractivity contribution in [1.82, 2.24) is 20.1 Å². The number of fused-ring (bicyclic) bond motifs is 1. The first-order valence-electron chi connectivity index (χ1n) is 9.45. The molecule has 1 aromatic heterocycles. The Labute approximate surface area is 159 Å². The number of hydrogen-bond acceptors (Lipinski definition) is 4. The quantitative estimate of drug-likeness (QED) is 0.878. The fraction of sp³-hybridized carbons (Fsp3) is 0.429. The van der Waals surface area contributed by atoms with Gasteiger partial charge in [-0.25, -0.2) is 4.39 Å². The van der Waals surface area contributed by atoms with Gasteiger partial charge in [0.15, 0.2) is 0 Å². The van der Waals surface area contributed by atoms with Crippen LogP contribution < -0.4 is 5.32 Å². The molecule has 1 amide bonds. The minimum atomic E-state index is -0.246. The lowest BCUT2D eigenvalue weighted by molar-refractivity contribution is -0.133. The van der Waals surface area contributed by atoms with Crippen molar-refractivity contribution in [2.75, 3.05) is 33.2 Å². The SMILES string of the molecule is CN(CC(=O)N1C[C@@H]2CNC[C@@H]2[C@@H]1c1cccc(F)c1)Cc1ccncc1. The third kappa shape index (κ3) is 3.87. The molecule has 2 aromatic rings. The summed E-state index contributed by atoms with van der Waals surface area (Å²) in [6, 6.07) is 10.6. The lowest BCUT2D eigenvalue weighted by atomic mass is 9.89. The van der Waals surface area contributed by atoms with Crippen LogP contribution in [-0.4, -0.2) is 53.9 Å². The minimum absolute atomic E-state index is 0.0532. The Bertz CT molecular complexity index is 800. The van der Waals surface area contributed by atoms with Gasteiger partial charge in [-0.05, 0) is 48.4 Å². The van der Waals surface area contributed by atoms with Crippen LogP contribution in [-0.2, 0) is 11.3 Å². The lowest BCUT2D eigenvalue weighted by Gasteiger charge is -2.30. The second-order valence-electron chi connectivity index (χ2n) is 7.66. The number of carbonyl (C=O) groups excluding carboxylic acids is 1. The van der Waals surface area contributed by atoms with Crippen molar-refractivity contribution in [1.29, 1.82) is 0 Å². The van der Waals surface area contributed by atoms with Crippen LogP contribution in [0.2, 0.25) is 0 Å². The fourth-order valence-corrected chi connectivity index (χ4v) is 4.47. The van der Waals surface area contributed by atoms with Gasteiger partial charge in [-0.1, -0.05) is 12.1 Å². The van der Waals surface area contributed by atoms with Gasteiger partial charge in [0.1, 0.15) is 5.82 Å². The first kappa shape index (κ1) is 18.1. The molecule has 6 heteroatoms. The summed E-state index contributed by atoms with van der Waals surface area (Å²) in [5, 5.41) is 3.42. The van der Waals surface area contributed by atoms with E-state index < -0.39 is 0 Å². The minimum Gasteiger partial charge on any atom is -0.334 e. The van der Waals surface area contributed by atoms with Gasteiger partial charge in [-0.15, -0.1) is 0 Å². The van der Waals surface area contributed by atoms with Gasteiger partial charge in [-0.2, -0.15) is 0 Å². The van der Waals surface area contributed by atoms with E-state index >= 15 is 0 Å². The summed E-state index contributed by atoms with van der Waals surface area (Å²) < 4.78 is 13.8. The van der Waals surface area contributed by atoms with E-state index in [0.717, 1.165) is 30.8 Å². The van der Waals surface area contributed by atoms with E-state index in [1.54, 1.807) is 24.5 Å². The van der Waals surface area contributed by atoms with E-state index in [1.807, 2.05) is 35.0 Å². The van der Waals surface area contributed by atoms with Gasteiger partial charge in [0.2, 0.25) is 5.91 Å². The molecule has 27 heavy (non-hydrogen) atoms. The van der Waals surface area contributed by atoms with Crippen LogP contribution in [0.25, 0.3) is 0 Å². The van der Waals surface area contributed by atoms with E-state index in [-0.39, 0.29) is 17.8 Å². The monoisotopic (exact) mass is 368 g/mol. The van der Waals surface area contributed by atoms with Crippen molar-refractivity contribution in [3.8, 4) is 0 Å². The van der Waals surface area contributed by atoms with Gasteiger partial charge in [-0.3, -0.25) is 14.7 Å². The largest absolute Gasteiger partial charge is 0.334 e. The molecule has 0 unspecified atom stereocenters. The van der Waals surface area contributed by atoms with Crippen LogP contribution in [0.5, 0.6) is 0 Å². The number of amides is 1. The van der Waals surface area contributed by atoms with Crippen molar-refractivity contribution in [3.63, 3.8) is 0 Å². The predicted octanol–water partition coefficient (Wildman–Crippen LogP) is 2.07. The Morgan fingerprint density at radius 3 is 2.89 bits per heavy atom. The summed E-state index contributed by atoms with van der Waals surface area (Å²) >= 11 is 0. The zero-order valence-corrected chi connectivity index (χ0v) is 15.5. The number of nitrogens with zero attached hydrogens (tertiary/aromatic N) is 3. The molecule has 0 radical (unpaired) electrons. The molecule has 0 spiro atoms. The molecule has 1 N–H and O–H groups in total. The Balaban J connectivity index is 1.49. The molecule has 2 aliphatic rings. The number of aromatic nitrogens is 1. The average Bonchev–Trinajstić information content (AvgIpc) is 3.23.